The van der Waals surface area contributed by atoms with Crippen molar-refractivity contribution in [3.8, 4) is 5.75 Å². The fourth-order valence-corrected chi connectivity index (χ4v) is 2.57. The van der Waals surface area contributed by atoms with Gasteiger partial charge in [0, 0.05) is 31.0 Å². The van der Waals surface area contributed by atoms with Crippen LogP contribution in [0.25, 0.3) is 11.0 Å². The molecule has 0 radical (unpaired) electrons. The van der Waals surface area contributed by atoms with E-state index in [-0.39, 0.29) is 19.0 Å². The quantitative estimate of drug-likeness (QED) is 0.289. The third kappa shape index (κ3) is 6.25. The maximum Gasteiger partial charge on any atom is 0.336 e. The van der Waals surface area contributed by atoms with E-state index in [1.54, 1.807) is 13.2 Å². The maximum atomic E-state index is 11.9. The van der Waals surface area contributed by atoms with Gasteiger partial charge in [-0.05, 0) is 50.5 Å². The molecule has 0 bridgehead atoms. The van der Waals surface area contributed by atoms with Gasteiger partial charge in [-0.2, -0.15) is 0 Å². The van der Waals surface area contributed by atoms with Gasteiger partial charge in [-0.25, -0.2) is 4.79 Å². The Kier molecular flexibility index (Phi) is 7.61. The minimum absolute atomic E-state index is 0.226. The van der Waals surface area contributed by atoms with Crippen LogP contribution in [0.15, 0.2) is 39.1 Å². The lowest BCUT2D eigenvalue weighted by atomic mass is 10.0. The van der Waals surface area contributed by atoms with Gasteiger partial charge in [-0.1, -0.05) is 5.57 Å². The zero-order valence-corrected chi connectivity index (χ0v) is 16.3. The van der Waals surface area contributed by atoms with Gasteiger partial charge in [0.2, 0.25) is 0 Å². The number of rotatable bonds is 9. The minimum atomic E-state index is -0.398. The van der Waals surface area contributed by atoms with Crippen molar-refractivity contribution in [1.29, 1.82) is 0 Å². The molecule has 27 heavy (non-hydrogen) atoms. The Balaban J connectivity index is 2.25. The van der Waals surface area contributed by atoms with Crippen LogP contribution in [-0.4, -0.2) is 32.9 Å². The highest BCUT2D eigenvalue weighted by Crippen LogP contribution is 2.28. The number of ether oxygens (including phenoxy) is 3. The first-order valence-electron chi connectivity index (χ1n) is 8.89. The van der Waals surface area contributed by atoms with Gasteiger partial charge in [0.1, 0.15) is 24.5 Å². The predicted molar refractivity (Wildman–Crippen MR) is 103 cm³/mol. The Labute approximate surface area is 158 Å². The summed E-state index contributed by atoms with van der Waals surface area (Å²) in [6, 6.07) is 5.08. The van der Waals surface area contributed by atoms with Crippen LogP contribution >= 0.6 is 0 Å². The molecule has 6 nitrogen and oxygen atoms in total. The van der Waals surface area contributed by atoms with Crippen LogP contribution in [0.1, 0.15) is 31.4 Å². The molecular weight excluding hydrogens is 348 g/mol. The molecule has 0 saturated carbocycles. The number of aryl methyl sites for hydroxylation is 2. The summed E-state index contributed by atoms with van der Waals surface area (Å²) >= 11 is 0. The molecule has 6 heteroatoms. The Morgan fingerprint density at radius 1 is 1.19 bits per heavy atom. The first-order chi connectivity index (χ1) is 12.9. The summed E-state index contributed by atoms with van der Waals surface area (Å²) in [5.41, 5.74) is 2.90. The van der Waals surface area contributed by atoms with Crippen LogP contribution in [0.2, 0.25) is 0 Å². The lowest BCUT2D eigenvalue weighted by Crippen LogP contribution is -2.11. The number of carbonyl (C=O) groups is 1. The lowest BCUT2D eigenvalue weighted by Gasteiger charge is -2.13. The zero-order valence-electron chi connectivity index (χ0n) is 16.3. The molecule has 0 saturated heterocycles. The summed E-state index contributed by atoms with van der Waals surface area (Å²) in [5.74, 6) is 0.303. The van der Waals surface area contributed by atoms with Gasteiger partial charge in [-0.15, -0.1) is 0 Å². The molecule has 0 unspecified atom stereocenters. The predicted octanol–water partition coefficient (Wildman–Crippen LogP) is 3.57. The fourth-order valence-electron chi connectivity index (χ4n) is 2.57. The SMILES string of the molecule is COCCOC(=O)CCc1cc2c(C)cc(=O)oc2cc1OCC=C(C)C. The van der Waals surface area contributed by atoms with Crippen LogP contribution in [-0.2, 0) is 20.7 Å². The fraction of sp³-hybridized carbons (Fsp3) is 0.429. The molecule has 1 heterocycles. The van der Waals surface area contributed by atoms with Crippen LogP contribution < -0.4 is 10.4 Å². The Morgan fingerprint density at radius 3 is 2.67 bits per heavy atom. The Hall–Kier alpha value is -2.60. The van der Waals surface area contributed by atoms with Crippen molar-refractivity contribution in [3.63, 3.8) is 0 Å². The molecule has 0 spiro atoms. The summed E-state index contributed by atoms with van der Waals surface area (Å²) < 4.78 is 21.1. The minimum Gasteiger partial charge on any atom is -0.489 e. The van der Waals surface area contributed by atoms with E-state index in [1.165, 1.54) is 6.07 Å². The number of allylic oxidation sites excluding steroid dienone is 1. The van der Waals surface area contributed by atoms with Crippen molar-refractivity contribution < 1.29 is 23.4 Å². The monoisotopic (exact) mass is 374 g/mol. The van der Waals surface area contributed by atoms with E-state index in [0.29, 0.717) is 31.0 Å². The highest BCUT2D eigenvalue weighted by Gasteiger charge is 2.13. The third-order valence-corrected chi connectivity index (χ3v) is 4.01. The number of carbonyl (C=O) groups excluding carboxylic acids is 1. The number of methoxy groups -OCH3 is 1. The van der Waals surface area contributed by atoms with Crippen molar-refractivity contribution >= 4 is 16.9 Å². The summed E-state index contributed by atoms with van der Waals surface area (Å²) in [6.45, 7) is 6.84. The third-order valence-electron chi connectivity index (χ3n) is 4.01. The van der Waals surface area contributed by atoms with Crippen molar-refractivity contribution in [1.82, 2.24) is 0 Å². The molecule has 0 atom stereocenters. The van der Waals surface area contributed by atoms with Crippen LogP contribution in [0.5, 0.6) is 5.75 Å². The van der Waals surface area contributed by atoms with Crippen molar-refractivity contribution in [2.75, 3.05) is 26.9 Å². The van der Waals surface area contributed by atoms with Crippen molar-refractivity contribution in [2.45, 2.75) is 33.6 Å². The standard InChI is InChI=1S/C21H26O6/c1-14(2)7-8-25-18-13-19-17(15(3)11-21(23)27-19)12-16(18)5-6-20(22)26-10-9-24-4/h7,11-13H,5-6,8-10H2,1-4H3. The van der Waals surface area contributed by atoms with E-state index < -0.39 is 5.63 Å². The van der Waals surface area contributed by atoms with Crippen LogP contribution in [0.4, 0.5) is 0 Å². The zero-order chi connectivity index (χ0) is 19.8. The topological polar surface area (TPSA) is 75.0 Å². The van der Waals surface area contributed by atoms with Gasteiger partial charge < -0.3 is 18.6 Å². The van der Waals surface area contributed by atoms with E-state index in [0.717, 1.165) is 22.1 Å². The summed E-state index contributed by atoms with van der Waals surface area (Å²) in [4.78, 5) is 23.5. The van der Waals surface area contributed by atoms with E-state index in [4.69, 9.17) is 18.6 Å². The molecule has 146 valence electrons. The number of fused-ring (bicyclic) bond motifs is 1. The van der Waals surface area contributed by atoms with E-state index in [9.17, 15) is 9.59 Å². The molecule has 2 aromatic rings. The average molecular weight is 374 g/mol. The summed E-state index contributed by atoms with van der Waals surface area (Å²) in [5, 5.41) is 0.826. The van der Waals surface area contributed by atoms with Crippen LogP contribution in [0.3, 0.4) is 0 Å². The number of hydrogen-bond donors (Lipinski definition) is 0. The summed E-state index contributed by atoms with van der Waals surface area (Å²) in [7, 11) is 1.56. The highest BCUT2D eigenvalue weighted by molar-refractivity contribution is 5.83. The Morgan fingerprint density at radius 2 is 1.96 bits per heavy atom. The normalized spacial score (nSPS) is 10.7. The average Bonchev–Trinajstić information content (AvgIpc) is 2.60. The Bertz CT molecular complexity index is 874. The largest absolute Gasteiger partial charge is 0.489 e. The maximum absolute atomic E-state index is 11.9. The second-order valence-electron chi connectivity index (χ2n) is 6.51. The molecule has 2 rings (SSSR count). The second kappa shape index (κ2) is 9.92. The van der Waals surface area contributed by atoms with Gasteiger partial charge in [0.15, 0.2) is 0 Å². The number of hydrogen-bond acceptors (Lipinski definition) is 6. The second-order valence-corrected chi connectivity index (χ2v) is 6.51. The number of benzene rings is 1. The van der Waals surface area contributed by atoms with Gasteiger partial charge in [0.05, 0.1) is 6.61 Å². The molecule has 0 N–H and O–H groups in total. The van der Waals surface area contributed by atoms with Crippen LogP contribution in [0, 0.1) is 6.92 Å². The van der Waals surface area contributed by atoms with Crippen molar-refractivity contribution in [2.24, 2.45) is 0 Å². The molecule has 0 aliphatic heterocycles. The van der Waals surface area contributed by atoms with Crippen molar-refractivity contribution in [3.05, 3.63) is 51.4 Å². The molecule has 0 amide bonds. The molecule has 1 aromatic carbocycles. The van der Waals surface area contributed by atoms with Gasteiger partial charge in [0.25, 0.3) is 0 Å². The molecule has 1 aromatic heterocycles. The molecular formula is C21H26O6. The molecule has 0 fully saturated rings. The summed E-state index contributed by atoms with van der Waals surface area (Å²) in [6.07, 6.45) is 2.65. The number of esters is 1. The first-order valence-corrected chi connectivity index (χ1v) is 8.89. The highest BCUT2D eigenvalue weighted by atomic mass is 16.6. The smallest absolute Gasteiger partial charge is 0.336 e. The van der Waals surface area contributed by atoms with Gasteiger partial charge in [-0.3, -0.25) is 4.79 Å². The van der Waals surface area contributed by atoms with E-state index in [2.05, 4.69) is 0 Å². The van der Waals surface area contributed by atoms with Gasteiger partial charge >= 0.3 is 11.6 Å². The molecule has 0 aliphatic rings. The first kappa shape index (κ1) is 20.7. The molecule has 0 aliphatic carbocycles. The lowest BCUT2D eigenvalue weighted by molar-refractivity contribution is -0.144. The van der Waals surface area contributed by atoms with E-state index in [1.807, 2.05) is 32.9 Å². The van der Waals surface area contributed by atoms with E-state index >= 15 is 0 Å².